The molecule has 1 heterocycles. The Bertz CT molecular complexity index is 352. The van der Waals surface area contributed by atoms with Gasteiger partial charge in [0.2, 0.25) is 0 Å². The van der Waals surface area contributed by atoms with Crippen molar-refractivity contribution in [3.63, 3.8) is 0 Å². The Morgan fingerprint density at radius 1 is 1.29 bits per heavy atom. The van der Waals surface area contributed by atoms with Gasteiger partial charge in [0.15, 0.2) is 0 Å². The van der Waals surface area contributed by atoms with Crippen molar-refractivity contribution in [3.8, 4) is 0 Å². The third-order valence-electron chi connectivity index (χ3n) is 3.49. The van der Waals surface area contributed by atoms with E-state index in [9.17, 15) is 22.8 Å². The fraction of sp³-hybridized carbons (Fsp3) is 0.800. The molecule has 2 aliphatic rings. The largest absolute Gasteiger partial charge is 0.481 e. The van der Waals surface area contributed by atoms with Crippen molar-refractivity contribution in [1.29, 1.82) is 0 Å². The quantitative estimate of drug-likeness (QED) is 0.803. The fourth-order valence-corrected chi connectivity index (χ4v) is 2.90. The molecule has 0 radical (unpaired) electrons. The number of carboxylic acid groups (broad SMARTS) is 1. The summed E-state index contributed by atoms with van der Waals surface area (Å²) in [5.41, 5.74) is -0.235. The highest BCUT2D eigenvalue weighted by atomic mass is 19.4. The van der Waals surface area contributed by atoms with Crippen LogP contribution >= 0.6 is 0 Å². The minimum atomic E-state index is -4.80. The Hall–Kier alpha value is -1.27. The molecule has 1 aliphatic heterocycles. The van der Waals surface area contributed by atoms with Crippen molar-refractivity contribution in [2.45, 2.75) is 25.4 Å². The highest BCUT2D eigenvalue weighted by molar-refractivity contribution is 5.82. The van der Waals surface area contributed by atoms with Gasteiger partial charge in [-0.3, -0.25) is 9.59 Å². The van der Waals surface area contributed by atoms with E-state index in [4.69, 9.17) is 5.11 Å². The average Bonchev–Trinajstić information content (AvgIpc) is 2.03. The molecule has 4 nitrogen and oxygen atoms in total. The predicted molar refractivity (Wildman–Crippen MR) is 50.0 cm³/mol. The highest BCUT2D eigenvalue weighted by Crippen LogP contribution is 2.53. The van der Waals surface area contributed by atoms with Crippen LogP contribution < -0.4 is 0 Å². The second-order valence-electron chi connectivity index (χ2n) is 5.03. The zero-order valence-corrected chi connectivity index (χ0v) is 8.96. The highest BCUT2D eigenvalue weighted by Gasteiger charge is 2.57. The van der Waals surface area contributed by atoms with E-state index in [1.807, 2.05) is 0 Å². The van der Waals surface area contributed by atoms with Gasteiger partial charge < -0.3 is 10.0 Å². The normalized spacial score (nSPS) is 23.1. The van der Waals surface area contributed by atoms with Crippen LogP contribution in [0.5, 0.6) is 0 Å². The molecule has 1 saturated heterocycles. The number of aliphatic carboxylic acids is 1. The first-order valence-corrected chi connectivity index (χ1v) is 5.30. The first-order chi connectivity index (χ1) is 7.72. The molecule has 1 amide bonds. The second-order valence-corrected chi connectivity index (χ2v) is 5.03. The Kier molecular flexibility index (Phi) is 2.59. The van der Waals surface area contributed by atoms with Gasteiger partial charge in [-0.1, -0.05) is 0 Å². The molecule has 7 heteroatoms. The summed E-state index contributed by atoms with van der Waals surface area (Å²) in [6, 6.07) is 0. The van der Waals surface area contributed by atoms with Gasteiger partial charge in [-0.2, -0.15) is 13.2 Å². The first kappa shape index (κ1) is 12.2. The molecule has 0 aromatic heterocycles. The van der Waals surface area contributed by atoms with Crippen LogP contribution in [-0.4, -0.2) is 41.1 Å². The van der Waals surface area contributed by atoms with Gasteiger partial charge >= 0.3 is 18.1 Å². The van der Waals surface area contributed by atoms with Crippen molar-refractivity contribution >= 4 is 11.9 Å². The van der Waals surface area contributed by atoms with E-state index in [0.717, 1.165) is 4.90 Å². The predicted octanol–water partition coefficient (Wildman–Crippen LogP) is 1.26. The number of rotatable bonds is 2. The third kappa shape index (κ3) is 2.23. The van der Waals surface area contributed by atoms with Crippen LogP contribution in [0.4, 0.5) is 13.2 Å². The molecule has 0 unspecified atom stereocenters. The molecule has 0 atom stereocenters. The minimum Gasteiger partial charge on any atom is -0.481 e. The summed E-state index contributed by atoms with van der Waals surface area (Å²) in [6.45, 7) is 0.225. The summed E-state index contributed by atoms with van der Waals surface area (Å²) < 4.78 is 36.2. The van der Waals surface area contributed by atoms with Crippen LogP contribution in [0.2, 0.25) is 0 Å². The van der Waals surface area contributed by atoms with E-state index in [1.54, 1.807) is 0 Å². The van der Waals surface area contributed by atoms with E-state index in [2.05, 4.69) is 0 Å². The number of likely N-dealkylation sites (tertiary alicyclic amines) is 1. The molecule has 1 spiro atoms. The zero-order chi connectivity index (χ0) is 12.8. The van der Waals surface area contributed by atoms with Gasteiger partial charge in [-0.25, -0.2) is 0 Å². The molecule has 2 fully saturated rings. The molecule has 1 N–H and O–H groups in total. The zero-order valence-electron chi connectivity index (χ0n) is 8.96. The van der Waals surface area contributed by atoms with Crippen molar-refractivity contribution in [2.75, 3.05) is 13.1 Å². The lowest BCUT2D eigenvalue weighted by atomic mass is 9.57. The molecule has 1 aliphatic carbocycles. The van der Waals surface area contributed by atoms with Gasteiger partial charge in [0, 0.05) is 24.9 Å². The second kappa shape index (κ2) is 3.61. The van der Waals surface area contributed by atoms with Crippen molar-refractivity contribution < 1.29 is 27.9 Å². The van der Waals surface area contributed by atoms with Crippen LogP contribution in [0.25, 0.3) is 0 Å². The monoisotopic (exact) mass is 251 g/mol. The maximum atomic E-state index is 12.1. The molecular weight excluding hydrogens is 239 g/mol. The molecule has 0 aromatic rings. The number of hydrogen-bond acceptors (Lipinski definition) is 2. The van der Waals surface area contributed by atoms with Crippen LogP contribution in [0, 0.1) is 11.3 Å². The minimum absolute atomic E-state index is 0.0515. The molecule has 96 valence electrons. The summed E-state index contributed by atoms with van der Waals surface area (Å²) >= 11 is 0. The van der Waals surface area contributed by atoms with Crippen LogP contribution in [0.1, 0.15) is 19.3 Å². The van der Waals surface area contributed by atoms with Gasteiger partial charge in [0.1, 0.15) is 0 Å². The third-order valence-corrected chi connectivity index (χ3v) is 3.49. The number of hydrogen-bond donors (Lipinski definition) is 1. The molecular formula is C10H12F3NO3. The maximum absolute atomic E-state index is 12.1. The van der Waals surface area contributed by atoms with Gasteiger partial charge in [0.25, 0.3) is 0 Å². The lowest BCUT2D eigenvalue weighted by molar-refractivity contribution is -0.204. The Morgan fingerprint density at radius 2 is 1.82 bits per heavy atom. The number of carbonyl (C=O) groups is 2. The summed E-state index contributed by atoms with van der Waals surface area (Å²) in [6.07, 6.45) is -3.51. The van der Waals surface area contributed by atoms with Crippen LogP contribution in [-0.2, 0) is 9.59 Å². The molecule has 0 bridgehead atoms. The van der Waals surface area contributed by atoms with E-state index in [0.29, 0.717) is 12.8 Å². The van der Waals surface area contributed by atoms with Gasteiger partial charge in [-0.05, 0) is 18.8 Å². The number of nitrogens with zero attached hydrogens (tertiary/aromatic N) is 1. The Balaban J connectivity index is 1.78. The summed E-state index contributed by atoms with van der Waals surface area (Å²) in [7, 11) is 0. The van der Waals surface area contributed by atoms with Crippen molar-refractivity contribution in [3.05, 3.63) is 0 Å². The first-order valence-electron chi connectivity index (χ1n) is 5.30. The molecule has 0 aromatic carbocycles. The topological polar surface area (TPSA) is 57.6 Å². The van der Waals surface area contributed by atoms with Crippen LogP contribution in [0.15, 0.2) is 0 Å². The molecule has 1 saturated carbocycles. The molecule has 17 heavy (non-hydrogen) atoms. The number of alkyl halides is 3. The Morgan fingerprint density at radius 3 is 2.24 bits per heavy atom. The van der Waals surface area contributed by atoms with Crippen molar-refractivity contribution in [2.24, 2.45) is 11.3 Å². The molecule has 2 rings (SSSR count). The number of halogens is 3. The summed E-state index contributed by atoms with van der Waals surface area (Å²) in [5.74, 6) is -2.62. The van der Waals surface area contributed by atoms with E-state index in [1.165, 1.54) is 0 Å². The van der Waals surface area contributed by atoms with Crippen LogP contribution in [0.3, 0.4) is 0 Å². The summed E-state index contributed by atoms with van der Waals surface area (Å²) in [4.78, 5) is 22.0. The van der Waals surface area contributed by atoms with Gasteiger partial charge in [0.05, 0.1) is 0 Å². The lowest BCUT2D eigenvalue weighted by Gasteiger charge is -2.58. The van der Waals surface area contributed by atoms with E-state index < -0.39 is 18.1 Å². The smallest absolute Gasteiger partial charge is 0.471 e. The number of carboxylic acids is 1. The number of amides is 1. The summed E-state index contributed by atoms with van der Waals surface area (Å²) in [5, 5.41) is 8.54. The Labute approximate surface area is 95.4 Å². The fourth-order valence-electron chi connectivity index (χ4n) is 2.90. The number of carbonyl (C=O) groups excluding carboxylic acids is 1. The van der Waals surface area contributed by atoms with E-state index in [-0.39, 0.29) is 30.8 Å². The average molecular weight is 251 g/mol. The van der Waals surface area contributed by atoms with Crippen molar-refractivity contribution in [1.82, 2.24) is 4.90 Å². The lowest BCUT2D eigenvalue weighted by Crippen LogP contribution is -2.65. The standard InChI is InChI=1S/C10H12F3NO3/c11-10(12,13)8(17)14-4-9(5-14)2-6(3-9)1-7(15)16/h6H,1-5H2,(H,15,16). The van der Waals surface area contributed by atoms with E-state index >= 15 is 0 Å². The SMILES string of the molecule is O=C(O)CC1CC2(C1)CN(C(=O)C(F)(F)F)C2. The maximum Gasteiger partial charge on any atom is 0.471 e. The van der Waals surface area contributed by atoms with Gasteiger partial charge in [-0.15, -0.1) is 0 Å².